The van der Waals surface area contributed by atoms with Crippen molar-refractivity contribution in [3.8, 4) is 33.8 Å². The molecule has 0 unspecified atom stereocenters. The molecule has 0 fully saturated rings. The van der Waals surface area contributed by atoms with Crippen LogP contribution in [0.15, 0.2) is 65.8 Å². The van der Waals surface area contributed by atoms with Gasteiger partial charge in [-0.05, 0) is 64.7 Å². The van der Waals surface area contributed by atoms with E-state index in [4.69, 9.17) is 16.3 Å². The summed E-state index contributed by atoms with van der Waals surface area (Å²) in [6.07, 6.45) is 3.97. The van der Waals surface area contributed by atoms with Crippen molar-refractivity contribution in [1.29, 1.82) is 0 Å². The van der Waals surface area contributed by atoms with E-state index in [9.17, 15) is 9.59 Å². The number of anilines is 1. The van der Waals surface area contributed by atoms with Gasteiger partial charge in [0.1, 0.15) is 17.9 Å². The van der Waals surface area contributed by atoms with E-state index in [0.29, 0.717) is 28.7 Å². The number of amides is 1. The van der Waals surface area contributed by atoms with E-state index in [1.54, 1.807) is 29.1 Å². The highest BCUT2D eigenvalue weighted by atomic mass is 35.5. The molecule has 2 atom stereocenters. The van der Waals surface area contributed by atoms with Crippen molar-refractivity contribution in [2.75, 3.05) is 11.9 Å². The number of halogens is 1. The lowest BCUT2D eigenvalue weighted by Crippen LogP contribution is -2.26. The number of pyridine rings is 1. The Morgan fingerprint density at radius 1 is 1.08 bits per heavy atom. The number of carbonyl (C=O) groups is 1. The average molecular weight is 541 g/mol. The number of rotatable bonds is 4. The number of hydrogen-bond acceptors (Lipinski definition) is 7. The van der Waals surface area contributed by atoms with Crippen LogP contribution < -0.4 is 15.6 Å². The second-order valence-corrected chi connectivity index (χ2v) is 10.2. The molecule has 2 aliphatic heterocycles. The zero-order valence-corrected chi connectivity index (χ0v) is 21.4. The van der Waals surface area contributed by atoms with Crippen molar-refractivity contribution in [3.05, 3.63) is 87.9 Å². The Morgan fingerprint density at radius 3 is 2.82 bits per heavy atom. The van der Waals surface area contributed by atoms with Crippen LogP contribution in [0.1, 0.15) is 24.5 Å². The molecule has 0 aliphatic carbocycles. The van der Waals surface area contributed by atoms with Crippen LogP contribution in [0.3, 0.4) is 0 Å². The topological polar surface area (TPSA) is 133 Å². The number of benzene rings is 2. The fourth-order valence-electron chi connectivity index (χ4n) is 5.44. The molecular formula is C27H21ClN8O3. The molecule has 194 valence electrons. The molecule has 39 heavy (non-hydrogen) atoms. The van der Waals surface area contributed by atoms with E-state index in [-0.39, 0.29) is 30.0 Å². The predicted octanol–water partition coefficient (Wildman–Crippen LogP) is 3.65. The van der Waals surface area contributed by atoms with Gasteiger partial charge in [-0.15, -0.1) is 5.10 Å². The maximum atomic E-state index is 13.6. The monoisotopic (exact) mass is 540 g/mol. The predicted molar refractivity (Wildman–Crippen MR) is 143 cm³/mol. The number of aromatic amines is 1. The Labute approximate surface area is 226 Å². The quantitative estimate of drug-likeness (QED) is 0.355. The minimum atomic E-state index is -0.248. The molecule has 7 rings (SSSR count). The van der Waals surface area contributed by atoms with Crippen LogP contribution in [0.4, 0.5) is 5.69 Å². The van der Waals surface area contributed by atoms with Crippen LogP contribution in [0.2, 0.25) is 5.02 Å². The first-order valence-electron chi connectivity index (χ1n) is 12.4. The first-order valence-corrected chi connectivity index (χ1v) is 12.7. The zero-order valence-electron chi connectivity index (χ0n) is 20.6. The summed E-state index contributed by atoms with van der Waals surface area (Å²) in [4.78, 5) is 33.2. The van der Waals surface area contributed by atoms with Crippen LogP contribution in [-0.2, 0) is 11.2 Å². The third kappa shape index (κ3) is 3.98. The molecule has 11 nitrogen and oxygen atoms in total. The molecule has 3 aromatic heterocycles. The number of ether oxygens (including phenoxy) is 1. The Balaban J connectivity index is 1.25. The van der Waals surface area contributed by atoms with Crippen molar-refractivity contribution >= 4 is 23.2 Å². The minimum absolute atomic E-state index is 0.0155. The maximum absolute atomic E-state index is 13.6. The number of imidazole rings is 1. The summed E-state index contributed by atoms with van der Waals surface area (Å²) in [6.45, 7) is 2.10. The number of hydrogen-bond donors (Lipinski definition) is 2. The number of H-pyrrole nitrogens is 1. The van der Waals surface area contributed by atoms with Crippen molar-refractivity contribution < 1.29 is 9.53 Å². The van der Waals surface area contributed by atoms with E-state index in [0.717, 1.165) is 33.8 Å². The van der Waals surface area contributed by atoms with Crippen LogP contribution in [-0.4, -0.2) is 47.3 Å². The highest BCUT2D eigenvalue weighted by Gasteiger charge is 2.34. The standard InChI is InChI=1S/C27H21ClN8O3/c1-14-6-18-7-16(19-10-17(28)3-5-22(19)35-13-30-33-34-35)9-25(38)36(18)26(14)27-29-11-21(32-27)15-2-4-20-23(8-15)39-12-24(37)31-20/h2-5,7-11,13-14,26H,6,12H2,1H3,(H,29,32)(H,31,37)/t14-,26-/m0/s1. The number of nitrogens with one attached hydrogen (secondary N) is 2. The van der Waals surface area contributed by atoms with Crippen LogP contribution in [0.5, 0.6) is 5.75 Å². The zero-order chi connectivity index (χ0) is 26.7. The normalized spacial score (nSPS) is 17.8. The Morgan fingerprint density at radius 2 is 1.97 bits per heavy atom. The fraction of sp³-hybridized carbons (Fsp3) is 0.185. The maximum Gasteiger partial charge on any atom is 0.262 e. The van der Waals surface area contributed by atoms with E-state index in [1.807, 2.05) is 34.9 Å². The van der Waals surface area contributed by atoms with E-state index in [2.05, 4.69) is 37.7 Å². The van der Waals surface area contributed by atoms with Gasteiger partial charge in [-0.3, -0.25) is 9.59 Å². The molecule has 12 heteroatoms. The smallest absolute Gasteiger partial charge is 0.262 e. The minimum Gasteiger partial charge on any atom is -0.482 e. The Bertz CT molecular complexity index is 1810. The summed E-state index contributed by atoms with van der Waals surface area (Å²) in [5, 5.41) is 14.8. The molecule has 1 amide bonds. The van der Waals surface area contributed by atoms with Gasteiger partial charge < -0.3 is 19.6 Å². The molecule has 0 radical (unpaired) electrons. The first-order chi connectivity index (χ1) is 18.9. The van der Waals surface area contributed by atoms with Crippen LogP contribution in [0.25, 0.3) is 28.1 Å². The van der Waals surface area contributed by atoms with E-state index >= 15 is 0 Å². The summed E-state index contributed by atoms with van der Waals surface area (Å²) < 4.78 is 8.92. The van der Waals surface area contributed by atoms with E-state index < -0.39 is 0 Å². The van der Waals surface area contributed by atoms with Gasteiger partial charge in [0.15, 0.2) is 6.61 Å². The summed E-state index contributed by atoms with van der Waals surface area (Å²) in [5.74, 6) is 1.26. The van der Waals surface area contributed by atoms with Crippen molar-refractivity contribution in [2.24, 2.45) is 5.92 Å². The second-order valence-electron chi connectivity index (χ2n) is 9.72. The fourth-order valence-corrected chi connectivity index (χ4v) is 5.61. The molecule has 2 N–H and O–H groups in total. The SMILES string of the molecule is C[C@H]1Cc2cc(-c3cc(Cl)ccc3-n3cnnn3)cc(=O)n2[C@@H]1c1ncc(-c2ccc3c(c2)OCC(=O)N3)[nH]1. The number of tetrazole rings is 1. The molecular weight excluding hydrogens is 520 g/mol. The molecule has 5 aromatic rings. The molecule has 2 aromatic carbocycles. The van der Waals surface area contributed by atoms with Crippen molar-refractivity contribution in [2.45, 2.75) is 19.4 Å². The summed E-state index contributed by atoms with van der Waals surface area (Å²) >= 11 is 6.33. The largest absolute Gasteiger partial charge is 0.482 e. The van der Waals surface area contributed by atoms with Gasteiger partial charge >= 0.3 is 0 Å². The number of aromatic nitrogens is 7. The lowest BCUT2D eigenvalue weighted by Gasteiger charge is -2.18. The number of carbonyl (C=O) groups excluding carboxylic acids is 1. The van der Waals surface area contributed by atoms with Gasteiger partial charge in [0.2, 0.25) is 0 Å². The highest BCUT2D eigenvalue weighted by molar-refractivity contribution is 6.31. The lowest BCUT2D eigenvalue weighted by molar-refractivity contribution is -0.118. The summed E-state index contributed by atoms with van der Waals surface area (Å²) in [7, 11) is 0. The van der Waals surface area contributed by atoms with Gasteiger partial charge in [0, 0.05) is 27.9 Å². The second kappa shape index (κ2) is 8.91. The highest BCUT2D eigenvalue weighted by Crippen LogP contribution is 2.38. The van der Waals surface area contributed by atoms with Gasteiger partial charge in [0.05, 0.1) is 29.3 Å². The molecule has 0 spiro atoms. The molecule has 5 heterocycles. The number of fused-ring (bicyclic) bond motifs is 2. The summed E-state index contributed by atoms with van der Waals surface area (Å²) in [6, 6.07) is 14.4. The third-order valence-electron chi connectivity index (χ3n) is 7.16. The van der Waals surface area contributed by atoms with Crippen molar-refractivity contribution in [3.63, 3.8) is 0 Å². The van der Waals surface area contributed by atoms with Gasteiger partial charge in [-0.1, -0.05) is 24.6 Å². The third-order valence-corrected chi connectivity index (χ3v) is 7.40. The Kier molecular flexibility index (Phi) is 5.34. The average Bonchev–Trinajstić information content (AvgIpc) is 3.68. The van der Waals surface area contributed by atoms with Gasteiger partial charge in [-0.2, -0.15) is 4.68 Å². The lowest BCUT2D eigenvalue weighted by atomic mass is 10.0. The molecule has 0 bridgehead atoms. The first kappa shape index (κ1) is 23.4. The summed E-state index contributed by atoms with van der Waals surface area (Å²) in [5.41, 5.74) is 5.31. The molecule has 0 saturated heterocycles. The van der Waals surface area contributed by atoms with Crippen LogP contribution in [0, 0.1) is 5.92 Å². The van der Waals surface area contributed by atoms with Crippen molar-refractivity contribution in [1.82, 2.24) is 34.7 Å². The molecule has 2 aliphatic rings. The molecule has 0 saturated carbocycles. The number of nitrogens with zero attached hydrogens (tertiary/aromatic N) is 6. The van der Waals surface area contributed by atoms with E-state index in [1.165, 1.54) is 6.33 Å². The Hall–Kier alpha value is -4.77. The van der Waals surface area contributed by atoms with Crippen LogP contribution >= 0.6 is 11.6 Å². The van der Waals surface area contributed by atoms with Gasteiger partial charge in [-0.25, -0.2) is 4.98 Å². The van der Waals surface area contributed by atoms with Gasteiger partial charge in [0.25, 0.3) is 11.5 Å².